The predicted molar refractivity (Wildman–Crippen MR) is 118 cm³/mol. The Morgan fingerprint density at radius 1 is 1.13 bits per heavy atom. The van der Waals surface area contributed by atoms with E-state index in [1.54, 1.807) is 18.5 Å². The van der Waals surface area contributed by atoms with Crippen LogP contribution in [0.1, 0.15) is 35.8 Å². The van der Waals surface area contributed by atoms with Crippen molar-refractivity contribution in [2.75, 3.05) is 23.7 Å². The van der Waals surface area contributed by atoms with E-state index in [9.17, 15) is 5.26 Å². The van der Waals surface area contributed by atoms with Gasteiger partial charge in [0.15, 0.2) is 11.5 Å². The van der Waals surface area contributed by atoms with Gasteiger partial charge < -0.3 is 16.4 Å². The number of hydrogen-bond donors (Lipinski definition) is 2. The summed E-state index contributed by atoms with van der Waals surface area (Å²) in [7, 11) is 0. The summed E-state index contributed by atoms with van der Waals surface area (Å²) in [5.74, 6) is 1.12. The summed E-state index contributed by atoms with van der Waals surface area (Å²) in [5, 5.41) is 9.80. The van der Waals surface area contributed by atoms with Gasteiger partial charge in [-0.1, -0.05) is 17.8 Å². The molecule has 1 atom stereocenters. The van der Waals surface area contributed by atoms with Crippen molar-refractivity contribution in [2.45, 2.75) is 35.2 Å². The zero-order valence-corrected chi connectivity index (χ0v) is 17.7. The number of fused-ring (bicyclic) bond motifs is 1. The molecule has 156 valence electrons. The van der Waals surface area contributed by atoms with Crippen LogP contribution in [0.25, 0.3) is 0 Å². The van der Waals surface area contributed by atoms with Crippen molar-refractivity contribution in [1.82, 2.24) is 19.9 Å². The van der Waals surface area contributed by atoms with Gasteiger partial charge in [0.25, 0.3) is 0 Å². The second-order valence-corrected chi connectivity index (χ2v) is 9.06. The first-order valence-electron chi connectivity index (χ1n) is 10.2. The highest BCUT2D eigenvalue weighted by Gasteiger charge is 2.46. The SMILES string of the molecule is N#Cc1ncccc1Sc1ncc(N2CCC3(CC2)Cc2ncccc2[C@H]3N)nc1N. The number of anilines is 2. The minimum Gasteiger partial charge on any atom is -0.381 e. The minimum absolute atomic E-state index is 0.0297. The van der Waals surface area contributed by atoms with Crippen LogP contribution in [0.15, 0.2) is 52.8 Å². The van der Waals surface area contributed by atoms with Crippen molar-refractivity contribution in [2.24, 2.45) is 11.1 Å². The van der Waals surface area contributed by atoms with Gasteiger partial charge in [0.1, 0.15) is 16.9 Å². The first kappa shape index (κ1) is 19.7. The van der Waals surface area contributed by atoms with E-state index < -0.39 is 0 Å². The Hall–Kier alpha value is -3.22. The maximum absolute atomic E-state index is 9.23. The van der Waals surface area contributed by atoms with E-state index in [1.807, 2.05) is 18.3 Å². The monoisotopic (exact) mass is 430 g/mol. The number of aromatic nitrogens is 4. The van der Waals surface area contributed by atoms with E-state index in [0.29, 0.717) is 21.4 Å². The second kappa shape index (κ2) is 7.80. The lowest BCUT2D eigenvalue weighted by Crippen LogP contribution is -2.44. The third-order valence-electron chi connectivity index (χ3n) is 6.36. The van der Waals surface area contributed by atoms with Crippen LogP contribution in [0.5, 0.6) is 0 Å². The van der Waals surface area contributed by atoms with E-state index in [2.05, 4.69) is 37.0 Å². The summed E-state index contributed by atoms with van der Waals surface area (Å²) < 4.78 is 0. The number of nitrogens with zero attached hydrogens (tertiary/aromatic N) is 6. The molecule has 0 amide bonds. The average molecular weight is 431 g/mol. The summed E-state index contributed by atoms with van der Waals surface area (Å²) in [6, 6.07) is 9.80. The Morgan fingerprint density at radius 2 is 1.90 bits per heavy atom. The van der Waals surface area contributed by atoms with Crippen LogP contribution >= 0.6 is 11.8 Å². The zero-order valence-electron chi connectivity index (χ0n) is 16.9. The van der Waals surface area contributed by atoms with Crippen LogP contribution in [0.2, 0.25) is 0 Å². The van der Waals surface area contributed by atoms with Crippen LogP contribution in [0.4, 0.5) is 11.6 Å². The van der Waals surface area contributed by atoms with Crippen molar-refractivity contribution in [1.29, 1.82) is 5.26 Å². The van der Waals surface area contributed by atoms with Gasteiger partial charge in [-0.25, -0.2) is 15.0 Å². The van der Waals surface area contributed by atoms with Crippen molar-refractivity contribution >= 4 is 23.4 Å². The van der Waals surface area contributed by atoms with Gasteiger partial charge in [-0.15, -0.1) is 0 Å². The number of nitriles is 1. The molecule has 1 spiro atoms. The summed E-state index contributed by atoms with van der Waals surface area (Å²) in [5.41, 5.74) is 15.6. The summed E-state index contributed by atoms with van der Waals surface area (Å²) in [6.07, 6.45) is 8.09. The van der Waals surface area contributed by atoms with Crippen LogP contribution in [-0.2, 0) is 6.42 Å². The molecule has 4 N–H and O–H groups in total. The highest BCUT2D eigenvalue weighted by atomic mass is 32.2. The van der Waals surface area contributed by atoms with E-state index in [1.165, 1.54) is 17.3 Å². The van der Waals surface area contributed by atoms with Crippen molar-refractivity contribution in [3.63, 3.8) is 0 Å². The van der Waals surface area contributed by atoms with E-state index in [0.717, 1.165) is 43.9 Å². The molecule has 0 aromatic carbocycles. The predicted octanol–water partition coefficient (Wildman–Crippen LogP) is 2.71. The van der Waals surface area contributed by atoms with Gasteiger partial charge >= 0.3 is 0 Å². The van der Waals surface area contributed by atoms with Crippen LogP contribution in [0.3, 0.4) is 0 Å². The maximum Gasteiger partial charge on any atom is 0.158 e. The molecule has 0 unspecified atom stereocenters. The molecule has 1 aliphatic carbocycles. The molecule has 1 fully saturated rings. The van der Waals surface area contributed by atoms with Crippen LogP contribution in [0, 0.1) is 16.7 Å². The number of rotatable bonds is 3. The molecule has 9 heteroatoms. The summed E-state index contributed by atoms with van der Waals surface area (Å²) in [6.45, 7) is 1.70. The molecule has 5 rings (SSSR count). The molecule has 0 bridgehead atoms. The Morgan fingerprint density at radius 3 is 2.65 bits per heavy atom. The largest absolute Gasteiger partial charge is 0.381 e. The van der Waals surface area contributed by atoms with E-state index in [4.69, 9.17) is 11.5 Å². The second-order valence-electron chi connectivity index (χ2n) is 8.03. The zero-order chi connectivity index (χ0) is 21.4. The fraction of sp³-hybridized carbons (Fsp3) is 0.318. The summed E-state index contributed by atoms with van der Waals surface area (Å²) in [4.78, 5) is 20.7. The topological polar surface area (TPSA) is 131 Å². The third-order valence-corrected chi connectivity index (χ3v) is 7.41. The maximum atomic E-state index is 9.23. The van der Waals surface area contributed by atoms with Crippen molar-refractivity contribution in [3.05, 3.63) is 59.8 Å². The van der Waals surface area contributed by atoms with Crippen LogP contribution in [-0.4, -0.2) is 33.0 Å². The third kappa shape index (κ3) is 3.48. The Labute approximate surface area is 184 Å². The molecule has 8 nitrogen and oxygen atoms in total. The molecule has 4 heterocycles. The number of piperidine rings is 1. The Bertz CT molecular complexity index is 1170. The lowest BCUT2D eigenvalue weighted by molar-refractivity contribution is 0.186. The first-order chi connectivity index (χ1) is 15.1. The Kier molecular flexibility index (Phi) is 4.96. The fourth-order valence-electron chi connectivity index (χ4n) is 4.60. The standard InChI is InChI=1S/C22H22N8S/c23-12-16-17(4-2-8-27-16)31-21-20(25)29-18(13-28-21)30-9-5-22(6-10-30)11-15-14(19(22)24)3-1-7-26-15/h1-4,7-8,13,19H,5-6,9-11,24H2,(H2,25,29)/t19-/m1/s1. The number of hydrogen-bond acceptors (Lipinski definition) is 9. The molecular formula is C22H22N8S. The molecule has 3 aromatic rings. The van der Waals surface area contributed by atoms with Gasteiger partial charge in [0.2, 0.25) is 0 Å². The molecule has 3 aromatic heterocycles. The first-order valence-corrected chi connectivity index (χ1v) is 11.0. The highest BCUT2D eigenvalue weighted by Crippen LogP contribution is 2.50. The van der Waals surface area contributed by atoms with Crippen LogP contribution < -0.4 is 16.4 Å². The molecule has 2 aliphatic rings. The summed E-state index contributed by atoms with van der Waals surface area (Å²) >= 11 is 1.30. The van der Waals surface area contributed by atoms with E-state index in [-0.39, 0.29) is 11.5 Å². The normalized spacial score (nSPS) is 19.2. The molecule has 0 saturated carbocycles. The molecule has 1 aliphatic heterocycles. The highest BCUT2D eigenvalue weighted by molar-refractivity contribution is 7.99. The smallest absolute Gasteiger partial charge is 0.158 e. The van der Waals surface area contributed by atoms with Gasteiger partial charge in [0.05, 0.1) is 11.1 Å². The minimum atomic E-state index is 0.0297. The fourth-order valence-corrected chi connectivity index (χ4v) is 5.40. The van der Waals surface area contributed by atoms with Gasteiger partial charge in [0, 0.05) is 37.2 Å². The molecular weight excluding hydrogens is 408 g/mol. The number of pyridine rings is 2. The van der Waals surface area contributed by atoms with Gasteiger partial charge in [-0.3, -0.25) is 4.98 Å². The van der Waals surface area contributed by atoms with E-state index >= 15 is 0 Å². The van der Waals surface area contributed by atoms with Gasteiger partial charge in [-0.05, 0) is 48.4 Å². The average Bonchev–Trinajstić information content (AvgIpc) is 3.07. The van der Waals surface area contributed by atoms with Crippen molar-refractivity contribution in [3.8, 4) is 6.07 Å². The molecule has 31 heavy (non-hydrogen) atoms. The Balaban J connectivity index is 1.30. The van der Waals surface area contributed by atoms with Crippen molar-refractivity contribution < 1.29 is 0 Å². The molecule has 1 saturated heterocycles. The lowest BCUT2D eigenvalue weighted by atomic mass is 9.73. The molecule has 0 radical (unpaired) electrons. The van der Waals surface area contributed by atoms with Gasteiger partial charge in [-0.2, -0.15) is 5.26 Å². The quantitative estimate of drug-likeness (QED) is 0.644. The number of nitrogens with two attached hydrogens (primary N) is 2. The lowest BCUT2D eigenvalue weighted by Gasteiger charge is -2.42. The number of nitrogen functional groups attached to an aromatic ring is 1.